The first-order chi connectivity index (χ1) is 11.9. The minimum atomic E-state index is -0.568. The quantitative estimate of drug-likeness (QED) is 0.843. The van der Waals surface area contributed by atoms with E-state index in [9.17, 15) is 19.1 Å². The predicted molar refractivity (Wildman–Crippen MR) is 86.5 cm³/mol. The van der Waals surface area contributed by atoms with Gasteiger partial charge in [-0.3, -0.25) is 9.59 Å². The van der Waals surface area contributed by atoms with Crippen molar-refractivity contribution in [2.45, 2.75) is 26.3 Å². The van der Waals surface area contributed by atoms with Crippen LogP contribution < -0.4 is 0 Å². The summed E-state index contributed by atoms with van der Waals surface area (Å²) in [5, 5.41) is 10.0. The van der Waals surface area contributed by atoms with E-state index in [-0.39, 0.29) is 36.1 Å². The van der Waals surface area contributed by atoms with Crippen LogP contribution in [0.1, 0.15) is 35.7 Å². The van der Waals surface area contributed by atoms with Crippen LogP contribution in [-0.4, -0.2) is 39.3 Å². The number of ketones is 1. The molecule has 25 heavy (non-hydrogen) atoms. The Morgan fingerprint density at radius 1 is 1.36 bits per heavy atom. The summed E-state index contributed by atoms with van der Waals surface area (Å²) >= 11 is 0. The first-order valence-corrected chi connectivity index (χ1v) is 7.83. The molecule has 0 unspecified atom stereocenters. The zero-order chi connectivity index (χ0) is 18.1. The number of amides is 1. The number of hydrogen-bond donors (Lipinski definition) is 1. The van der Waals surface area contributed by atoms with Crippen LogP contribution in [0.15, 0.2) is 46.4 Å². The second-order valence-electron chi connectivity index (χ2n) is 6.11. The molecule has 0 radical (unpaired) electrons. The van der Waals surface area contributed by atoms with Crippen LogP contribution in [0, 0.1) is 5.82 Å². The Morgan fingerprint density at radius 3 is 2.64 bits per heavy atom. The van der Waals surface area contributed by atoms with E-state index in [1.54, 1.807) is 26.0 Å². The Balaban J connectivity index is 1.86. The van der Waals surface area contributed by atoms with Crippen LogP contribution >= 0.6 is 0 Å². The van der Waals surface area contributed by atoms with Gasteiger partial charge < -0.3 is 14.4 Å². The second-order valence-corrected chi connectivity index (χ2v) is 6.11. The molecule has 3 rings (SSSR count). The molecule has 0 fully saturated rings. The Hall–Kier alpha value is -2.96. The normalized spacial score (nSPS) is 14.7. The maximum Gasteiger partial charge on any atom is 0.289 e. The Morgan fingerprint density at radius 2 is 2.04 bits per heavy atom. The monoisotopic (exact) mass is 344 g/mol. The number of nitrogens with zero attached hydrogens (tertiary/aromatic N) is 2. The fraction of sp³-hybridized carbons (Fsp3) is 0.278. The Labute approximate surface area is 143 Å². The number of Topliss-reactive ketones (excluding diaryl/α,β-unsaturated/α-hetero) is 1. The number of halogens is 1. The molecule has 6 nitrogen and oxygen atoms in total. The number of aromatic nitrogens is 1. The van der Waals surface area contributed by atoms with Crippen molar-refractivity contribution in [3.63, 3.8) is 0 Å². The summed E-state index contributed by atoms with van der Waals surface area (Å²) in [7, 11) is 0. The van der Waals surface area contributed by atoms with Crippen LogP contribution in [0.4, 0.5) is 4.39 Å². The van der Waals surface area contributed by atoms with Gasteiger partial charge in [0, 0.05) is 12.5 Å². The van der Waals surface area contributed by atoms with Crippen molar-refractivity contribution in [3.05, 3.63) is 64.8 Å². The first kappa shape index (κ1) is 16.9. The lowest BCUT2D eigenvalue weighted by atomic mass is 10.0. The van der Waals surface area contributed by atoms with Gasteiger partial charge in [-0.1, -0.05) is 12.1 Å². The van der Waals surface area contributed by atoms with Gasteiger partial charge in [0.25, 0.3) is 5.91 Å². The lowest BCUT2D eigenvalue weighted by Crippen LogP contribution is -2.34. The summed E-state index contributed by atoms with van der Waals surface area (Å²) in [6.45, 7) is 3.63. The maximum atomic E-state index is 13.0. The van der Waals surface area contributed by atoms with Gasteiger partial charge in [0.2, 0.25) is 5.78 Å². The van der Waals surface area contributed by atoms with Crippen molar-refractivity contribution in [1.29, 1.82) is 0 Å². The molecule has 1 aromatic heterocycles. The molecule has 0 aliphatic carbocycles. The average molecular weight is 344 g/mol. The van der Waals surface area contributed by atoms with E-state index in [0.717, 1.165) is 12.0 Å². The molecular weight excluding hydrogens is 327 g/mol. The van der Waals surface area contributed by atoms with Gasteiger partial charge in [-0.25, -0.2) is 9.37 Å². The lowest BCUT2D eigenvalue weighted by Gasteiger charge is -2.20. The fourth-order valence-corrected chi connectivity index (χ4v) is 2.69. The molecule has 2 aromatic rings. The molecule has 0 spiro atoms. The predicted octanol–water partition coefficient (Wildman–Crippen LogP) is 2.65. The molecule has 1 aliphatic heterocycles. The van der Waals surface area contributed by atoms with E-state index in [2.05, 4.69) is 4.98 Å². The largest absolute Gasteiger partial charge is 0.503 e. The molecule has 1 aromatic carbocycles. The molecule has 0 atom stereocenters. The number of aliphatic hydroxyl groups excluding tert-OH is 1. The van der Waals surface area contributed by atoms with Crippen molar-refractivity contribution >= 4 is 11.7 Å². The van der Waals surface area contributed by atoms with Gasteiger partial charge >= 0.3 is 0 Å². The summed E-state index contributed by atoms with van der Waals surface area (Å²) in [6.07, 6.45) is 1.39. The molecule has 1 amide bonds. The third kappa shape index (κ3) is 3.17. The average Bonchev–Trinajstić information content (AvgIpc) is 3.15. The first-order valence-electron chi connectivity index (χ1n) is 7.83. The number of carbonyl (C=O) groups excluding carboxylic acids is 2. The lowest BCUT2D eigenvalue weighted by molar-refractivity contribution is -0.129. The SMILES string of the molecule is CC(C)N1CC(C(=O)c2ncoc2Cc2ccc(F)cc2)=C(O)C1=O. The van der Waals surface area contributed by atoms with Gasteiger partial charge in [0.1, 0.15) is 11.6 Å². The number of aliphatic hydroxyl groups is 1. The Kier molecular flexibility index (Phi) is 4.39. The minimum Gasteiger partial charge on any atom is -0.503 e. The van der Waals surface area contributed by atoms with Crippen molar-refractivity contribution in [3.8, 4) is 0 Å². The number of oxazole rings is 1. The molecule has 2 heterocycles. The molecule has 7 heteroatoms. The second kappa shape index (κ2) is 6.51. The zero-order valence-electron chi connectivity index (χ0n) is 13.8. The van der Waals surface area contributed by atoms with E-state index in [1.807, 2.05) is 0 Å². The smallest absolute Gasteiger partial charge is 0.289 e. The summed E-state index contributed by atoms with van der Waals surface area (Å²) in [6, 6.07) is 5.66. The zero-order valence-corrected chi connectivity index (χ0v) is 13.8. The minimum absolute atomic E-state index is 0.00737. The van der Waals surface area contributed by atoms with E-state index in [1.165, 1.54) is 17.0 Å². The third-order valence-electron chi connectivity index (χ3n) is 4.11. The van der Waals surface area contributed by atoms with E-state index >= 15 is 0 Å². The standard InChI is InChI=1S/C18H17FN2O4/c1-10(2)21-8-13(17(23)18(21)24)16(22)15-14(25-9-20-15)7-11-3-5-12(19)6-4-11/h3-6,9-10,23H,7-8H2,1-2H3. The van der Waals surface area contributed by atoms with Gasteiger partial charge in [0.05, 0.1) is 12.1 Å². The fourth-order valence-electron chi connectivity index (χ4n) is 2.69. The number of rotatable bonds is 5. The van der Waals surface area contributed by atoms with Gasteiger partial charge in [-0.15, -0.1) is 0 Å². The van der Waals surface area contributed by atoms with Crippen LogP contribution in [-0.2, 0) is 11.2 Å². The van der Waals surface area contributed by atoms with Crippen molar-refractivity contribution < 1.29 is 23.5 Å². The topological polar surface area (TPSA) is 83.6 Å². The van der Waals surface area contributed by atoms with Gasteiger partial charge in [0.15, 0.2) is 17.8 Å². The molecule has 0 saturated heterocycles. The highest BCUT2D eigenvalue weighted by atomic mass is 19.1. The highest BCUT2D eigenvalue weighted by molar-refractivity contribution is 6.14. The van der Waals surface area contributed by atoms with E-state index in [0.29, 0.717) is 5.76 Å². The third-order valence-corrected chi connectivity index (χ3v) is 4.11. The summed E-state index contributed by atoms with van der Waals surface area (Å²) in [5.74, 6) is -1.71. The summed E-state index contributed by atoms with van der Waals surface area (Å²) < 4.78 is 18.3. The van der Waals surface area contributed by atoms with Crippen molar-refractivity contribution in [2.75, 3.05) is 6.54 Å². The van der Waals surface area contributed by atoms with Crippen LogP contribution in [0.25, 0.3) is 0 Å². The molecular formula is C18H17FN2O4. The molecule has 0 bridgehead atoms. The highest BCUT2D eigenvalue weighted by Gasteiger charge is 2.37. The van der Waals surface area contributed by atoms with E-state index in [4.69, 9.17) is 4.42 Å². The van der Waals surface area contributed by atoms with Crippen molar-refractivity contribution in [1.82, 2.24) is 9.88 Å². The maximum absolute atomic E-state index is 13.0. The Bertz CT molecular complexity index is 852. The highest BCUT2D eigenvalue weighted by Crippen LogP contribution is 2.24. The molecule has 1 N–H and O–H groups in total. The van der Waals surface area contributed by atoms with Crippen molar-refractivity contribution in [2.24, 2.45) is 0 Å². The van der Waals surface area contributed by atoms with Gasteiger partial charge in [-0.2, -0.15) is 0 Å². The molecule has 1 aliphatic rings. The van der Waals surface area contributed by atoms with Crippen LogP contribution in [0.3, 0.4) is 0 Å². The van der Waals surface area contributed by atoms with Crippen LogP contribution in [0.2, 0.25) is 0 Å². The number of benzene rings is 1. The summed E-state index contributed by atoms with van der Waals surface area (Å²) in [5.41, 5.74) is 0.800. The van der Waals surface area contributed by atoms with E-state index < -0.39 is 17.4 Å². The van der Waals surface area contributed by atoms with Crippen LogP contribution in [0.5, 0.6) is 0 Å². The van der Waals surface area contributed by atoms with Gasteiger partial charge in [-0.05, 0) is 31.5 Å². The summed E-state index contributed by atoms with van der Waals surface area (Å²) in [4.78, 5) is 30.1. The molecule has 130 valence electrons. The molecule has 0 saturated carbocycles. The number of carbonyl (C=O) groups is 2. The number of hydrogen-bond acceptors (Lipinski definition) is 5.